The molecule has 1 aromatic heterocycles. The van der Waals surface area contributed by atoms with Gasteiger partial charge in [0.15, 0.2) is 0 Å². The van der Waals surface area contributed by atoms with Gasteiger partial charge >= 0.3 is 0 Å². The van der Waals surface area contributed by atoms with Crippen molar-refractivity contribution < 1.29 is 9.47 Å². The van der Waals surface area contributed by atoms with E-state index < -0.39 is 0 Å². The van der Waals surface area contributed by atoms with E-state index in [-0.39, 0.29) is 6.04 Å². The maximum atomic E-state index is 5.71. The molecule has 1 aliphatic rings. The van der Waals surface area contributed by atoms with E-state index in [0.29, 0.717) is 12.5 Å². The molecule has 3 rings (SSSR count). The van der Waals surface area contributed by atoms with Crippen LogP contribution in [0.25, 0.3) is 0 Å². The molecule has 3 N–H and O–H groups in total. The summed E-state index contributed by atoms with van der Waals surface area (Å²) < 4.78 is 10.7. The van der Waals surface area contributed by atoms with E-state index in [9.17, 15) is 0 Å². The summed E-state index contributed by atoms with van der Waals surface area (Å²) in [6, 6.07) is 9.40. The van der Waals surface area contributed by atoms with Crippen LogP contribution in [0.5, 0.6) is 11.6 Å². The molecule has 2 heterocycles. The third-order valence-corrected chi connectivity index (χ3v) is 3.39. The Kier molecular flexibility index (Phi) is 3.49. The Bertz CT molecular complexity index is 601. The molecule has 0 radical (unpaired) electrons. The number of nitrogens with two attached hydrogens (primary N) is 1. The summed E-state index contributed by atoms with van der Waals surface area (Å²) in [6.45, 7) is 0.706. The number of hydrogen-bond donors (Lipinski definition) is 2. The minimum Gasteiger partial charge on any atom is -0.493 e. The molecule has 104 valence electrons. The number of rotatable bonds is 4. The van der Waals surface area contributed by atoms with Gasteiger partial charge in [-0.25, -0.2) is 5.43 Å². The Hall–Kier alpha value is -2.18. The van der Waals surface area contributed by atoms with Crippen molar-refractivity contribution in [1.29, 1.82) is 0 Å². The minimum atomic E-state index is -0.263. The molecule has 0 aliphatic carbocycles. The van der Waals surface area contributed by atoms with Crippen molar-refractivity contribution >= 4 is 0 Å². The van der Waals surface area contributed by atoms with Crippen LogP contribution >= 0.6 is 0 Å². The number of aromatic nitrogens is 2. The van der Waals surface area contributed by atoms with Gasteiger partial charge in [0.05, 0.1) is 25.5 Å². The number of fused-ring (bicyclic) bond motifs is 1. The molecule has 1 atom stereocenters. The Labute approximate surface area is 116 Å². The highest BCUT2D eigenvalue weighted by molar-refractivity contribution is 5.47. The van der Waals surface area contributed by atoms with Gasteiger partial charge in [-0.3, -0.25) is 5.84 Å². The van der Waals surface area contributed by atoms with Gasteiger partial charge < -0.3 is 9.47 Å². The molecule has 2 aromatic rings. The van der Waals surface area contributed by atoms with E-state index in [2.05, 4.69) is 21.7 Å². The van der Waals surface area contributed by atoms with Crippen molar-refractivity contribution in [3.8, 4) is 11.6 Å². The van der Waals surface area contributed by atoms with Gasteiger partial charge in [0.1, 0.15) is 5.75 Å². The second kappa shape index (κ2) is 5.44. The molecule has 1 unspecified atom stereocenters. The monoisotopic (exact) mass is 272 g/mol. The van der Waals surface area contributed by atoms with E-state index in [1.54, 1.807) is 13.2 Å². The predicted octanol–water partition coefficient (Wildman–Crippen LogP) is 0.973. The Morgan fingerprint density at radius 3 is 2.90 bits per heavy atom. The van der Waals surface area contributed by atoms with Crippen molar-refractivity contribution in [3.05, 3.63) is 47.2 Å². The Morgan fingerprint density at radius 2 is 2.20 bits per heavy atom. The fourth-order valence-corrected chi connectivity index (χ4v) is 2.40. The lowest BCUT2D eigenvalue weighted by atomic mass is 10.00. The molecule has 0 saturated heterocycles. The number of para-hydroxylation sites is 1. The first-order chi connectivity index (χ1) is 9.83. The Morgan fingerprint density at radius 1 is 1.30 bits per heavy atom. The average molecular weight is 272 g/mol. The summed E-state index contributed by atoms with van der Waals surface area (Å²) in [6.07, 6.45) is 0.925. The van der Waals surface area contributed by atoms with Gasteiger partial charge in [0.2, 0.25) is 5.88 Å². The van der Waals surface area contributed by atoms with Crippen LogP contribution in [0.15, 0.2) is 30.3 Å². The molecule has 0 bridgehead atoms. The number of hydrazine groups is 1. The van der Waals surface area contributed by atoms with Crippen LogP contribution in [0.1, 0.15) is 22.9 Å². The molecular weight excluding hydrogens is 256 g/mol. The van der Waals surface area contributed by atoms with Crippen LogP contribution in [0, 0.1) is 0 Å². The molecule has 0 spiro atoms. The average Bonchev–Trinajstić information content (AvgIpc) is 2.98. The molecular formula is C14H16N4O2. The van der Waals surface area contributed by atoms with Crippen LogP contribution in [0.3, 0.4) is 0 Å². The maximum absolute atomic E-state index is 5.71. The standard InChI is InChI=1S/C14H16N4O2/c1-19-12-6-5-11(17-18-12)13(16-15)10-4-2-3-9-7-8-20-14(9)10/h2-6,13,16H,7-8,15H2,1H3. The number of nitrogens with zero attached hydrogens (tertiary/aromatic N) is 2. The maximum Gasteiger partial charge on any atom is 0.233 e. The molecule has 0 fully saturated rings. The molecule has 6 heteroatoms. The van der Waals surface area contributed by atoms with E-state index in [1.165, 1.54) is 5.56 Å². The summed E-state index contributed by atoms with van der Waals surface area (Å²) >= 11 is 0. The SMILES string of the molecule is COc1ccc(C(NN)c2cccc3c2OCC3)nn1. The lowest BCUT2D eigenvalue weighted by Crippen LogP contribution is -2.30. The number of ether oxygens (including phenoxy) is 2. The fraction of sp³-hybridized carbons (Fsp3) is 0.286. The highest BCUT2D eigenvalue weighted by atomic mass is 16.5. The largest absolute Gasteiger partial charge is 0.493 e. The number of benzene rings is 1. The van der Waals surface area contributed by atoms with Gasteiger partial charge in [-0.1, -0.05) is 18.2 Å². The van der Waals surface area contributed by atoms with Crippen LogP contribution in [-0.4, -0.2) is 23.9 Å². The smallest absolute Gasteiger partial charge is 0.233 e. The van der Waals surface area contributed by atoms with E-state index in [1.807, 2.05) is 18.2 Å². The van der Waals surface area contributed by atoms with Gasteiger partial charge in [-0.15, -0.1) is 10.2 Å². The molecule has 0 amide bonds. The van der Waals surface area contributed by atoms with Crippen molar-refractivity contribution in [2.45, 2.75) is 12.5 Å². The molecule has 1 aliphatic heterocycles. The number of hydrogen-bond acceptors (Lipinski definition) is 6. The van der Waals surface area contributed by atoms with Gasteiger partial charge in [0, 0.05) is 18.1 Å². The first-order valence-electron chi connectivity index (χ1n) is 6.42. The Balaban J connectivity index is 1.99. The highest BCUT2D eigenvalue weighted by Gasteiger charge is 2.23. The molecule has 1 aromatic carbocycles. The van der Waals surface area contributed by atoms with E-state index in [0.717, 1.165) is 23.4 Å². The van der Waals surface area contributed by atoms with E-state index in [4.69, 9.17) is 15.3 Å². The zero-order chi connectivity index (χ0) is 13.9. The minimum absolute atomic E-state index is 0.263. The quantitative estimate of drug-likeness (QED) is 0.637. The number of nitrogens with one attached hydrogen (secondary N) is 1. The second-order valence-electron chi connectivity index (χ2n) is 4.53. The first-order valence-corrected chi connectivity index (χ1v) is 6.42. The fourth-order valence-electron chi connectivity index (χ4n) is 2.40. The van der Waals surface area contributed by atoms with Gasteiger partial charge in [-0.05, 0) is 11.6 Å². The summed E-state index contributed by atoms with van der Waals surface area (Å²) in [5.41, 5.74) is 5.67. The van der Waals surface area contributed by atoms with Crippen LogP contribution in [0.4, 0.5) is 0 Å². The predicted molar refractivity (Wildman–Crippen MR) is 73.4 cm³/mol. The highest BCUT2D eigenvalue weighted by Crippen LogP contribution is 2.35. The van der Waals surface area contributed by atoms with Crippen LogP contribution in [0.2, 0.25) is 0 Å². The second-order valence-corrected chi connectivity index (χ2v) is 4.53. The van der Waals surface area contributed by atoms with Crippen LogP contribution < -0.4 is 20.7 Å². The first kappa shape index (κ1) is 12.8. The summed E-state index contributed by atoms with van der Waals surface area (Å²) in [5.74, 6) is 7.06. The van der Waals surface area contributed by atoms with Crippen molar-refractivity contribution in [1.82, 2.24) is 15.6 Å². The molecule has 20 heavy (non-hydrogen) atoms. The lowest BCUT2D eigenvalue weighted by molar-refractivity contribution is 0.350. The normalized spacial score (nSPS) is 14.5. The topological polar surface area (TPSA) is 82.3 Å². The van der Waals surface area contributed by atoms with Gasteiger partial charge in [0.25, 0.3) is 0 Å². The third kappa shape index (κ3) is 2.19. The summed E-state index contributed by atoms with van der Waals surface area (Å²) in [7, 11) is 1.56. The van der Waals surface area contributed by atoms with Crippen molar-refractivity contribution in [2.24, 2.45) is 5.84 Å². The van der Waals surface area contributed by atoms with Crippen molar-refractivity contribution in [3.63, 3.8) is 0 Å². The molecule has 0 saturated carbocycles. The zero-order valence-electron chi connectivity index (χ0n) is 11.2. The molecule has 6 nitrogen and oxygen atoms in total. The summed E-state index contributed by atoms with van der Waals surface area (Å²) in [4.78, 5) is 0. The third-order valence-electron chi connectivity index (χ3n) is 3.39. The van der Waals surface area contributed by atoms with Gasteiger partial charge in [-0.2, -0.15) is 0 Å². The van der Waals surface area contributed by atoms with E-state index >= 15 is 0 Å². The van der Waals surface area contributed by atoms with Crippen molar-refractivity contribution in [2.75, 3.05) is 13.7 Å². The zero-order valence-corrected chi connectivity index (χ0v) is 11.2. The lowest BCUT2D eigenvalue weighted by Gasteiger charge is -2.18. The summed E-state index contributed by atoms with van der Waals surface area (Å²) in [5, 5.41) is 8.13. The number of methoxy groups -OCH3 is 1. The van der Waals surface area contributed by atoms with Crippen LogP contribution in [-0.2, 0) is 6.42 Å².